The van der Waals surface area contributed by atoms with E-state index in [0.717, 1.165) is 5.56 Å². The molecule has 0 aliphatic heterocycles. The zero-order chi connectivity index (χ0) is 20.4. The van der Waals surface area contributed by atoms with Crippen LogP contribution in [0.3, 0.4) is 0 Å². The Balaban J connectivity index is 0.000000445. The summed E-state index contributed by atoms with van der Waals surface area (Å²) in [6, 6.07) is 21.7. The van der Waals surface area contributed by atoms with E-state index in [1.165, 1.54) is 11.3 Å². The number of hydrogen-bond donors (Lipinski definition) is 2. The van der Waals surface area contributed by atoms with E-state index in [1.54, 1.807) is 41.3 Å². The van der Waals surface area contributed by atoms with Crippen LogP contribution in [-0.4, -0.2) is 39.5 Å². The summed E-state index contributed by atoms with van der Waals surface area (Å²) >= 11 is 12.8. The van der Waals surface area contributed by atoms with Crippen molar-refractivity contribution >= 4 is 40.4 Å². The Morgan fingerprint density at radius 2 is 1.59 bits per heavy atom. The molecule has 2 N–H and O–H groups in total. The second-order valence-corrected chi connectivity index (χ2v) is 7.94. The van der Waals surface area contributed by atoms with E-state index in [2.05, 4.69) is 0 Å². The van der Waals surface area contributed by atoms with Gasteiger partial charge in [-0.25, -0.2) is 0 Å². The van der Waals surface area contributed by atoms with Gasteiger partial charge in [-0.15, -0.1) is 22.9 Å². The number of aromatic hydroxyl groups is 1. The second kappa shape index (κ2) is 13.6. The minimum Gasteiger partial charge on any atom is -0.508 e. The van der Waals surface area contributed by atoms with Crippen LogP contribution < -0.4 is 0 Å². The van der Waals surface area contributed by atoms with E-state index in [9.17, 15) is 9.90 Å². The number of phenols is 1. The quantitative estimate of drug-likeness (QED) is 0.470. The van der Waals surface area contributed by atoms with Gasteiger partial charge in [-0.2, -0.15) is 0 Å². The summed E-state index contributed by atoms with van der Waals surface area (Å²) in [7, 11) is 0. The number of thiophene rings is 1. The van der Waals surface area contributed by atoms with E-state index in [1.807, 2.05) is 36.4 Å². The van der Waals surface area contributed by atoms with Crippen LogP contribution in [-0.2, 0) is 23.3 Å². The number of rotatable bonds is 6. The molecule has 29 heavy (non-hydrogen) atoms. The molecule has 0 unspecified atom stereocenters. The maximum atomic E-state index is 12.5. The molecule has 3 aromatic rings. The summed E-state index contributed by atoms with van der Waals surface area (Å²) in [5.41, 5.74) is 0.996. The average molecular weight is 497 g/mol. The van der Waals surface area contributed by atoms with Gasteiger partial charge >= 0.3 is 0 Å². The number of amides is 1. The van der Waals surface area contributed by atoms with Crippen molar-refractivity contribution in [1.82, 2.24) is 4.90 Å². The fourth-order valence-corrected chi connectivity index (χ4v) is 3.45. The smallest absolute Gasteiger partial charge is 0.264 e. The number of carbonyl (C=O) groups excluding carboxylic acids is 1. The van der Waals surface area contributed by atoms with E-state index < -0.39 is 6.10 Å². The number of aliphatic hydroxyl groups excluding tert-OH is 1. The van der Waals surface area contributed by atoms with Gasteiger partial charge in [0, 0.05) is 29.9 Å². The fraction of sp³-hybridized carbons (Fsp3) is 0.190. The molecule has 0 saturated carbocycles. The standard InChI is InChI=1S/C15H15Cl2NO2S.C6H6O.Co/c16-8-12(19)10-18(9-11-4-2-1-3-5-11)15(20)13-6-7-14(17)21-13;7-6-4-2-1-3-5-6;/h1-7,12,19H,8-10H2;1-5,7H;/t12-;;/m1../s1. The molecule has 0 aliphatic carbocycles. The Morgan fingerprint density at radius 3 is 2.03 bits per heavy atom. The Labute approximate surface area is 194 Å². The van der Waals surface area contributed by atoms with Crippen LogP contribution in [0.5, 0.6) is 5.75 Å². The largest absolute Gasteiger partial charge is 0.508 e. The molecule has 1 amide bonds. The van der Waals surface area contributed by atoms with Crippen molar-refractivity contribution in [2.24, 2.45) is 0 Å². The Bertz CT molecular complexity index is 849. The molecule has 0 bridgehead atoms. The number of benzene rings is 2. The molecule has 0 spiro atoms. The van der Waals surface area contributed by atoms with Crippen LogP contribution in [0.4, 0.5) is 0 Å². The summed E-state index contributed by atoms with van der Waals surface area (Å²) in [4.78, 5) is 14.7. The molecular formula is C21H21Cl2CoNO3S. The van der Waals surface area contributed by atoms with Crippen molar-refractivity contribution in [2.75, 3.05) is 12.4 Å². The number of aliphatic hydroxyl groups is 1. The molecule has 1 atom stereocenters. The normalized spacial score (nSPS) is 10.9. The molecule has 0 aliphatic rings. The number of halogens is 2. The number of alkyl halides is 1. The van der Waals surface area contributed by atoms with Gasteiger partial charge in [-0.3, -0.25) is 4.79 Å². The molecule has 1 aromatic heterocycles. The van der Waals surface area contributed by atoms with Crippen LogP contribution >= 0.6 is 34.5 Å². The predicted molar refractivity (Wildman–Crippen MR) is 115 cm³/mol. The maximum Gasteiger partial charge on any atom is 0.264 e. The molecule has 0 saturated heterocycles. The molecule has 8 heteroatoms. The zero-order valence-electron chi connectivity index (χ0n) is 15.4. The summed E-state index contributed by atoms with van der Waals surface area (Å²) < 4.78 is 0.566. The first-order valence-electron chi connectivity index (χ1n) is 8.56. The van der Waals surface area contributed by atoms with E-state index in [-0.39, 0.29) is 35.1 Å². The summed E-state index contributed by atoms with van der Waals surface area (Å²) in [5, 5.41) is 18.4. The van der Waals surface area contributed by atoms with Gasteiger partial charge in [-0.05, 0) is 29.8 Å². The van der Waals surface area contributed by atoms with Gasteiger partial charge in [0.25, 0.3) is 5.91 Å². The van der Waals surface area contributed by atoms with E-state index in [4.69, 9.17) is 28.3 Å². The van der Waals surface area contributed by atoms with Gasteiger partial charge in [0.15, 0.2) is 0 Å². The maximum absolute atomic E-state index is 12.5. The SMILES string of the molecule is O=C(c1ccc(Cl)s1)N(Cc1ccccc1)C[C@H](O)CCl.Oc1ccccc1.[Co]. The minimum absolute atomic E-state index is 0. The van der Waals surface area contributed by atoms with Crippen LogP contribution in [0, 0.1) is 0 Å². The van der Waals surface area contributed by atoms with Gasteiger partial charge in [0.1, 0.15) is 5.75 Å². The fourth-order valence-electron chi connectivity index (χ4n) is 2.34. The Morgan fingerprint density at radius 1 is 1.00 bits per heavy atom. The van der Waals surface area contributed by atoms with E-state index >= 15 is 0 Å². The predicted octanol–water partition coefficient (Wildman–Crippen LogP) is 5.03. The molecule has 1 radical (unpaired) electrons. The number of carbonyl (C=O) groups is 1. The van der Waals surface area contributed by atoms with Crippen LogP contribution in [0.25, 0.3) is 0 Å². The second-order valence-electron chi connectivity index (χ2n) is 5.92. The third kappa shape index (κ3) is 9.21. The first-order valence-corrected chi connectivity index (χ1v) is 10.3. The third-order valence-corrected chi connectivity index (χ3v) is 5.23. The third-order valence-electron chi connectivity index (χ3n) is 3.65. The van der Waals surface area contributed by atoms with Crippen LogP contribution in [0.15, 0.2) is 72.8 Å². The van der Waals surface area contributed by atoms with Gasteiger partial charge in [0.2, 0.25) is 0 Å². The van der Waals surface area contributed by atoms with Gasteiger partial charge in [0.05, 0.1) is 21.2 Å². The van der Waals surface area contributed by atoms with Gasteiger partial charge in [-0.1, -0.05) is 60.1 Å². The van der Waals surface area contributed by atoms with E-state index in [0.29, 0.717) is 21.5 Å². The minimum atomic E-state index is -0.755. The molecule has 157 valence electrons. The van der Waals surface area contributed by atoms with Crippen LogP contribution in [0.1, 0.15) is 15.2 Å². The van der Waals surface area contributed by atoms with Crippen molar-refractivity contribution < 1.29 is 31.8 Å². The van der Waals surface area contributed by atoms with Gasteiger partial charge < -0.3 is 15.1 Å². The molecule has 4 nitrogen and oxygen atoms in total. The molecular weight excluding hydrogens is 476 g/mol. The van der Waals surface area contributed by atoms with Crippen molar-refractivity contribution in [1.29, 1.82) is 0 Å². The summed E-state index contributed by atoms with van der Waals surface area (Å²) in [6.45, 7) is 0.607. The molecule has 0 fully saturated rings. The summed E-state index contributed by atoms with van der Waals surface area (Å²) in [5.74, 6) is 0.256. The Kier molecular flexibility index (Phi) is 12.0. The molecule has 3 rings (SSSR count). The molecule has 2 aromatic carbocycles. The topological polar surface area (TPSA) is 60.8 Å². The summed E-state index contributed by atoms with van der Waals surface area (Å²) in [6.07, 6.45) is -0.755. The first-order chi connectivity index (χ1) is 13.5. The zero-order valence-corrected chi connectivity index (χ0v) is 18.7. The van der Waals surface area contributed by atoms with Crippen molar-refractivity contribution in [3.8, 4) is 5.75 Å². The molecule has 1 heterocycles. The van der Waals surface area contributed by atoms with Crippen molar-refractivity contribution in [3.05, 3.63) is 87.6 Å². The van der Waals surface area contributed by atoms with Crippen LogP contribution in [0.2, 0.25) is 4.34 Å². The average Bonchev–Trinajstić information content (AvgIpc) is 3.15. The number of phenolic OH excluding ortho intramolecular Hbond substituents is 1. The first kappa shape index (κ1) is 25.5. The number of hydrogen-bond acceptors (Lipinski definition) is 4. The Hall–Kier alpha value is -1.54. The number of nitrogens with zero attached hydrogens (tertiary/aromatic N) is 1. The monoisotopic (exact) mass is 496 g/mol. The number of para-hydroxylation sites is 1. The van der Waals surface area contributed by atoms with Crippen molar-refractivity contribution in [2.45, 2.75) is 12.6 Å². The van der Waals surface area contributed by atoms with Crippen molar-refractivity contribution in [3.63, 3.8) is 0 Å².